The molecular formula is C17H13KO3. The van der Waals surface area contributed by atoms with Crippen molar-refractivity contribution >= 4 is 68.1 Å². The summed E-state index contributed by atoms with van der Waals surface area (Å²) in [6, 6.07) is 19.6. The molecule has 0 fully saturated rings. The third kappa shape index (κ3) is 3.73. The Bertz CT molecular complexity index is 784. The summed E-state index contributed by atoms with van der Waals surface area (Å²) >= 11 is 0. The number of benzene rings is 3. The molecule has 3 aromatic rings. The van der Waals surface area contributed by atoms with E-state index in [1.54, 1.807) is 24.3 Å². The van der Waals surface area contributed by atoms with Crippen LogP contribution in [0, 0.1) is 0 Å². The Balaban J connectivity index is 0.00000161. The minimum absolute atomic E-state index is 0. The number of carbonyl (C=O) groups is 1. The van der Waals surface area contributed by atoms with Gasteiger partial charge in [0, 0.05) is 0 Å². The molecule has 0 aliphatic rings. The number of aromatic hydroxyl groups is 1. The van der Waals surface area contributed by atoms with E-state index < -0.39 is 5.97 Å². The van der Waals surface area contributed by atoms with Crippen LogP contribution in [0.15, 0.2) is 66.7 Å². The molecular weight excluding hydrogens is 291 g/mol. The van der Waals surface area contributed by atoms with Crippen molar-refractivity contribution in [1.82, 2.24) is 0 Å². The van der Waals surface area contributed by atoms with Gasteiger partial charge >= 0.3 is 57.4 Å². The van der Waals surface area contributed by atoms with E-state index in [9.17, 15) is 9.90 Å². The molecule has 0 spiro atoms. The molecule has 0 bridgehead atoms. The standard InChI is InChI=1S/C17H12O3.K.H/c18-16-8-4-3-7-15(16)17(19)20-14-10-9-12-5-1-2-6-13(12)11-14;;/h1-11,18H;;. The Morgan fingerprint density at radius 1 is 0.857 bits per heavy atom. The van der Waals surface area contributed by atoms with E-state index in [1.165, 1.54) is 12.1 Å². The second-order valence-electron chi connectivity index (χ2n) is 4.42. The number of carbonyl (C=O) groups excluding carboxylic acids is 1. The number of hydrogen-bond acceptors (Lipinski definition) is 3. The average Bonchev–Trinajstić information content (AvgIpc) is 2.47. The Kier molecular flexibility index (Phi) is 5.55. The predicted molar refractivity (Wildman–Crippen MR) is 84.2 cm³/mol. The van der Waals surface area contributed by atoms with Crippen LogP contribution in [0.3, 0.4) is 0 Å². The van der Waals surface area contributed by atoms with E-state index in [1.807, 2.05) is 30.3 Å². The fraction of sp³-hybridized carbons (Fsp3) is 0. The molecule has 0 saturated carbocycles. The first-order valence-corrected chi connectivity index (χ1v) is 6.23. The number of hydrogen-bond donors (Lipinski definition) is 1. The van der Waals surface area contributed by atoms with Gasteiger partial charge in [-0.15, -0.1) is 0 Å². The Hall–Kier alpha value is -1.17. The number of phenols is 1. The molecule has 0 aliphatic heterocycles. The van der Waals surface area contributed by atoms with Crippen LogP contribution in [0.5, 0.6) is 11.5 Å². The van der Waals surface area contributed by atoms with E-state index >= 15 is 0 Å². The van der Waals surface area contributed by atoms with Crippen molar-refractivity contribution in [3.05, 3.63) is 72.3 Å². The third-order valence-electron chi connectivity index (χ3n) is 3.06. The van der Waals surface area contributed by atoms with Crippen LogP contribution in [0.4, 0.5) is 0 Å². The zero-order valence-corrected chi connectivity index (χ0v) is 10.6. The van der Waals surface area contributed by atoms with Crippen LogP contribution in [-0.4, -0.2) is 62.5 Å². The summed E-state index contributed by atoms with van der Waals surface area (Å²) in [5.41, 5.74) is 0.153. The van der Waals surface area contributed by atoms with Crippen molar-refractivity contribution in [2.24, 2.45) is 0 Å². The number of phenolic OH excluding ortho intramolecular Hbond substituents is 1. The molecule has 4 heteroatoms. The van der Waals surface area contributed by atoms with Gasteiger partial charge in [-0.2, -0.15) is 0 Å². The normalized spacial score (nSPS) is 9.90. The SMILES string of the molecule is O=C(Oc1ccc2ccccc2c1)c1ccccc1O.[KH]. The third-order valence-corrected chi connectivity index (χ3v) is 3.06. The van der Waals surface area contributed by atoms with Gasteiger partial charge in [-0.05, 0) is 35.0 Å². The average molecular weight is 304 g/mol. The van der Waals surface area contributed by atoms with Gasteiger partial charge in [-0.3, -0.25) is 0 Å². The first kappa shape index (κ1) is 16.2. The van der Waals surface area contributed by atoms with E-state index in [4.69, 9.17) is 4.74 Å². The van der Waals surface area contributed by atoms with Crippen LogP contribution >= 0.6 is 0 Å². The van der Waals surface area contributed by atoms with Crippen molar-refractivity contribution < 1.29 is 14.6 Å². The monoisotopic (exact) mass is 304 g/mol. The fourth-order valence-corrected chi connectivity index (χ4v) is 2.04. The summed E-state index contributed by atoms with van der Waals surface area (Å²) in [5.74, 6) is -0.200. The van der Waals surface area contributed by atoms with Crippen LogP contribution in [-0.2, 0) is 0 Å². The van der Waals surface area contributed by atoms with E-state index in [0.717, 1.165) is 10.8 Å². The van der Waals surface area contributed by atoms with Gasteiger partial charge in [0.2, 0.25) is 0 Å². The summed E-state index contributed by atoms with van der Waals surface area (Å²) in [6.45, 7) is 0. The minimum atomic E-state index is -0.571. The van der Waals surface area contributed by atoms with Gasteiger partial charge in [0.15, 0.2) is 0 Å². The van der Waals surface area contributed by atoms with Gasteiger partial charge in [0.1, 0.15) is 17.1 Å². The number of rotatable bonds is 2. The molecule has 0 aliphatic carbocycles. The van der Waals surface area contributed by atoms with E-state index in [-0.39, 0.29) is 62.7 Å². The number of esters is 1. The molecule has 3 aromatic carbocycles. The van der Waals surface area contributed by atoms with Gasteiger partial charge < -0.3 is 9.84 Å². The fourth-order valence-electron chi connectivity index (χ4n) is 2.04. The molecule has 0 aromatic heterocycles. The molecule has 0 heterocycles. The van der Waals surface area contributed by atoms with Crippen molar-refractivity contribution in [3.8, 4) is 11.5 Å². The number of ether oxygens (including phenoxy) is 1. The number of fused-ring (bicyclic) bond motifs is 1. The molecule has 0 radical (unpaired) electrons. The molecule has 3 nitrogen and oxygen atoms in total. The Labute approximate surface area is 165 Å². The first-order chi connectivity index (χ1) is 9.74. The first-order valence-electron chi connectivity index (χ1n) is 6.23. The molecule has 1 N–H and O–H groups in total. The van der Waals surface area contributed by atoms with Gasteiger partial charge in [0.05, 0.1) is 0 Å². The zero-order valence-electron chi connectivity index (χ0n) is 10.6. The van der Waals surface area contributed by atoms with Crippen molar-refractivity contribution in [3.63, 3.8) is 0 Å². The molecule has 0 amide bonds. The van der Waals surface area contributed by atoms with Crippen molar-refractivity contribution in [2.45, 2.75) is 0 Å². The maximum atomic E-state index is 12.0. The molecule has 100 valence electrons. The van der Waals surface area contributed by atoms with Crippen LogP contribution in [0.2, 0.25) is 0 Å². The molecule has 21 heavy (non-hydrogen) atoms. The quantitative estimate of drug-likeness (QED) is 0.449. The maximum absolute atomic E-state index is 12.0. The molecule has 3 rings (SSSR count). The predicted octanol–water partition coefficient (Wildman–Crippen LogP) is 3.12. The van der Waals surface area contributed by atoms with Crippen LogP contribution in [0.1, 0.15) is 10.4 Å². The summed E-state index contributed by atoms with van der Waals surface area (Å²) in [7, 11) is 0. The topological polar surface area (TPSA) is 46.5 Å². The van der Waals surface area contributed by atoms with E-state index in [0.29, 0.717) is 5.75 Å². The summed E-state index contributed by atoms with van der Waals surface area (Å²) in [6.07, 6.45) is 0. The van der Waals surface area contributed by atoms with Crippen LogP contribution < -0.4 is 4.74 Å². The zero-order chi connectivity index (χ0) is 13.9. The number of para-hydroxylation sites is 1. The van der Waals surface area contributed by atoms with Gasteiger partial charge in [-0.25, -0.2) is 4.79 Å². The van der Waals surface area contributed by atoms with E-state index in [2.05, 4.69) is 0 Å². The Morgan fingerprint density at radius 2 is 1.52 bits per heavy atom. The van der Waals surface area contributed by atoms with Gasteiger partial charge in [-0.1, -0.05) is 42.5 Å². The second-order valence-corrected chi connectivity index (χ2v) is 4.42. The van der Waals surface area contributed by atoms with Crippen LogP contribution in [0.25, 0.3) is 10.8 Å². The Morgan fingerprint density at radius 3 is 2.29 bits per heavy atom. The van der Waals surface area contributed by atoms with Gasteiger partial charge in [0.25, 0.3) is 0 Å². The molecule has 0 unspecified atom stereocenters. The summed E-state index contributed by atoms with van der Waals surface area (Å²) < 4.78 is 5.29. The summed E-state index contributed by atoms with van der Waals surface area (Å²) in [4.78, 5) is 12.0. The second kappa shape index (κ2) is 7.20. The molecule has 0 saturated heterocycles. The summed E-state index contributed by atoms with van der Waals surface area (Å²) in [5, 5.41) is 11.7. The van der Waals surface area contributed by atoms with Crippen molar-refractivity contribution in [2.75, 3.05) is 0 Å². The molecule has 0 atom stereocenters. The van der Waals surface area contributed by atoms with Crippen molar-refractivity contribution in [1.29, 1.82) is 0 Å².